The maximum atomic E-state index is 13.0. The van der Waals surface area contributed by atoms with Crippen molar-refractivity contribution in [3.8, 4) is 22.9 Å². The Bertz CT molecular complexity index is 994. The lowest BCUT2D eigenvalue weighted by Gasteiger charge is -2.20. The van der Waals surface area contributed by atoms with Gasteiger partial charge in [-0.05, 0) is 73.8 Å². The molecule has 1 aromatic heterocycles. The summed E-state index contributed by atoms with van der Waals surface area (Å²) in [5, 5.41) is 15.8. The van der Waals surface area contributed by atoms with Gasteiger partial charge in [0.2, 0.25) is 5.88 Å². The Morgan fingerprint density at radius 2 is 1.81 bits per heavy atom. The van der Waals surface area contributed by atoms with Gasteiger partial charge in [-0.3, -0.25) is 4.90 Å². The van der Waals surface area contributed by atoms with E-state index >= 15 is 0 Å². The summed E-state index contributed by atoms with van der Waals surface area (Å²) in [6, 6.07) is 17.9. The summed E-state index contributed by atoms with van der Waals surface area (Å²) in [7, 11) is 0. The second-order valence-electron chi connectivity index (χ2n) is 7.81. The average molecular weight is 435 g/mol. The molecule has 1 fully saturated rings. The summed E-state index contributed by atoms with van der Waals surface area (Å²) in [6.07, 6.45) is 4.76. The molecule has 0 radical (unpaired) electrons. The molecule has 3 aromatic rings. The number of aromatic nitrogens is 2. The van der Waals surface area contributed by atoms with Crippen LogP contribution in [0.1, 0.15) is 24.8 Å². The van der Waals surface area contributed by atoms with E-state index in [1.54, 1.807) is 24.4 Å². The Labute approximate surface area is 187 Å². The molecule has 1 aliphatic rings. The number of halogens is 1. The van der Waals surface area contributed by atoms with Gasteiger partial charge in [0.15, 0.2) is 0 Å². The molecule has 0 amide bonds. The van der Waals surface area contributed by atoms with Gasteiger partial charge in [-0.25, -0.2) is 4.39 Å². The molecule has 166 valence electrons. The van der Waals surface area contributed by atoms with Gasteiger partial charge in [0.1, 0.15) is 18.2 Å². The molecule has 0 bridgehead atoms. The first-order valence-corrected chi connectivity index (χ1v) is 10.9. The van der Waals surface area contributed by atoms with E-state index in [0.29, 0.717) is 25.1 Å². The van der Waals surface area contributed by atoms with Crippen LogP contribution >= 0.6 is 0 Å². The molecule has 1 atom stereocenters. The molecule has 0 saturated carbocycles. The van der Waals surface area contributed by atoms with Crippen LogP contribution in [0.4, 0.5) is 4.39 Å². The molecule has 32 heavy (non-hydrogen) atoms. The van der Waals surface area contributed by atoms with Crippen LogP contribution < -0.4 is 9.47 Å². The summed E-state index contributed by atoms with van der Waals surface area (Å²) in [4.78, 5) is 2.35. The minimum Gasteiger partial charge on any atom is -0.494 e. The van der Waals surface area contributed by atoms with Gasteiger partial charge in [0.25, 0.3) is 0 Å². The smallest absolute Gasteiger partial charge is 0.233 e. The molecule has 0 aliphatic carbocycles. The lowest BCUT2D eigenvalue weighted by molar-refractivity contribution is 0.249. The Hall–Kier alpha value is -3.32. The van der Waals surface area contributed by atoms with Crippen molar-refractivity contribution in [3.05, 3.63) is 72.0 Å². The van der Waals surface area contributed by atoms with Gasteiger partial charge in [-0.1, -0.05) is 12.1 Å². The lowest BCUT2D eigenvalue weighted by atomic mass is 10.1. The molecule has 0 spiro atoms. The normalized spacial score (nSPS) is 16.1. The second-order valence-corrected chi connectivity index (χ2v) is 7.81. The number of ether oxygens (including phenoxy) is 2. The van der Waals surface area contributed by atoms with Crippen molar-refractivity contribution in [2.45, 2.75) is 31.9 Å². The first-order valence-electron chi connectivity index (χ1n) is 10.9. The van der Waals surface area contributed by atoms with Crippen molar-refractivity contribution in [1.29, 1.82) is 5.41 Å². The van der Waals surface area contributed by atoms with Gasteiger partial charge < -0.3 is 14.9 Å². The van der Waals surface area contributed by atoms with Crippen LogP contribution in [-0.2, 0) is 6.61 Å². The molecular formula is C25H27FN4O2. The summed E-state index contributed by atoms with van der Waals surface area (Å²) in [5.74, 6) is 0.973. The van der Waals surface area contributed by atoms with Crippen LogP contribution in [0.2, 0.25) is 0 Å². The molecule has 1 saturated heterocycles. The molecule has 6 nitrogen and oxygen atoms in total. The summed E-state index contributed by atoms with van der Waals surface area (Å²) in [6.45, 7) is 3.00. The zero-order chi connectivity index (χ0) is 22.2. The maximum absolute atomic E-state index is 13.0. The Morgan fingerprint density at radius 1 is 1.00 bits per heavy atom. The number of rotatable bonds is 10. The average Bonchev–Trinajstić information content (AvgIpc) is 3.30. The Balaban J connectivity index is 1.23. The number of likely N-dealkylation sites (tertiary alicyclic amines) is 1. The highest BCUT2D eigenvalue weighted by atomic mass is 19.1. The van der Waals surface area contributed by atoms with Gasteiger partial charge in [-0.15, -0.1) is 10.2 Å². The quantitative estimate of drug-likeness (QED) is 0.368. The number of benzene rings is 2. The predicted octanol–water partition coefficient (Wildman–Crippen LogP) is 4.74. The van der Waals surface area contributed by atoms with Crippen LogP contribution in [0.25, 0.3) is 11.3 Å². The van der Waals surface area contributed by atoms with E-state index in [0.717, 1.165) is 48.5 Å². The van der Waals surface area contributed by atoms with Crippen molar-refractivity contribution >= 4 is 6.21 Å². The highest BCUT2D eigenvalue weighted by Gasteiger charge is 2.21. The third-order valence-electron chi connectivity index (χ3n) is 5.56. The van der Waals surface area contributed by atoms with Crippen molar-refractivity contribution in [2.75, 3.05) is 19.7 Å². The zero-order valence-corrected chi connectivity index (χ0v) is 17.9. The highest BCUT2D eigenvalue weighted by Crippen LogP contribution is 2.22. The first-order chi connectivity index (χ1) is 15.7. The Kier molecular flexibility index (Phi) is 7.40. The summed E-state index contributed by atoms with van der Waals surface area (Å²) >= 11 is 0. The number of hydrogen-bond acceptors (Lipinski definition) is 6. The topological polar surface area (TPSA) is 71.3 Å². The molecule has 1 N–H and O–H groups in total. The van der Waals surface area contributed by atoms with Crippen LogP contribution in [0, 0.1) is 11.2 Å². The van der Waals surface area contributed by atoms with Gasteiger partial charge in [0, 0.05) is 30.4 Å². The van der Waals surface area contributed by atoms with E-state index in [-0.39, 0.29) is 5.82 Å². The first kappa shape index (κ1) is 21.9. The Morgan fingerprint density at radius 3 is 2.53 bits per heavy atom. The lowest BCUT2D eigenvalue weighted by Crippen LogP contribution is -2.31. The molecular weight excluding hydrogens is 407 g/mol. The summed E-state index contributed by atoms with van der Waals surface area (Å²) in [5.41, 5.74) is 2.56. The fourth-order valence-corrected chi connectivity index (χ4v) is 3.79. The molecule has 0 unspecified atom stereocenters. The van der Waals surface area contributed by atoms with Gasteiger partial charge in [-0.2, -0.15) is 0 Å². The molecule has 1 aliphatic heterocycles. The van der Waals surface area contributed by atoms with E-state index in [4.69, 9.17) is 14.9 Å². The highest BCUT2D eigenvalue weighted by molar-refractivity contribution is 5.61. The van der Waals surface area contributed by atoms with E-state index < -0.39 is 0 Å². The largest absolute Gasteiger partial charge is 0.494 e. The number of nitrogens with one attached hydrogen (secondary N) is 1. The number of nitrogens with zero attached hydrogens (tertiary/aromatic N) is 3. The monoisotopic (exact) mass is 434 g/mol. The fourth-order valence-electron chi connectivity index (χ4n) is 3.79. The third kappa shape index (κ3) is 5.88. The zero-order valence-electron chi connectivity index (χ0n) is 17.9. The minimum absolute atomic E-state index is 0.270. The number of hydrogen-bond donors (Lipinski definition) is 1. The molecule has 2 heterocycles. The third-order valence-corrected chi connectivity index (χ3v) is 5.56. The van der Waals surface area contributed by atoms with Crippen LogP contribution in [0.3, 0.4) is 0 Å². The van der Waals surface area contributed by atoms with E-state index in [1.165, 1.54) is 18.6 Å². The second kappa shape index (κ2) is 10.8. The molecule has 4 rings (SSSR count). The molecule has 7 heteroatoms. The SMILES string of the molecule is N=C[C@@H]1CCCN1CCCOc1ccc(-c2ccc(OCc3ccc(F)cc3)nn2)cc1. The molecule has 2 aromatic carbocycles. The van der Waals surface area contributed by atoms with E-state index in [2.05, 4.69) is 15.1 Å². The van der Waals surface area contributed by atoms with Gasteiger partial charge in [0.05, 0.1) is 12.3 Å². The standard InChI is InChI=1S/C25H27FN4O2/c26-21-8-4-19(5-9-21)18-32-25-13-12-24(28-29-25)20-6-10-23(11-7-20)31-16-2-15-30-14-1-3-22(30)17-27/h4-13,17,22,27H,1-3,14-16,18H2/t22-/m0/s1. The van der Waals surface area contributed by atoms with Crippen molar-refractivity contribution in [3.63, 3.8) is 0 Å². The van der Waals surface area contributed by atoms with Crippen LogP contribution in [-0.4, -0.2) is 47.1 Å². The van der Waals surface area contributed by atoms with E-state index in [1.807, 2.05) is 30.3 Å². The fraction of sp³-hybridized carbons (Fsp3) is 0.320. The van der Waals surface area contributed by atoms with Crippen LogP contribution in [0.5, 0.6) is 11.6 Å². The van der Waals surface area contributed by atoms with Crippen molar-refractivity contribution in [1.82, 2.24) is 15.1 Å². The maximum Gasteiger partial charge on any atom is 0.233 e. The van der Waals surface area contributed by atoms with Gasteiger partial charge >= 0.3 is 0 Å². The van der Waals surface area contributed by atoms with Crippen LogP contribution in [0.15, 0.2) is 60.7 Å². The van der Waals surface area contributed by atoms with Crippen molar-refractivity contribution in [2.24, 2.45) is 0 Å². The predicted molar refractivity (Wildman–Crippen MR) is 122 cm³/mol. The van der Waals surface area contributed by atoms with E-state index in [9.17, 15) is 4.39 Å². The summed E-state index contributed by atoms with van der Waals surface area (Å²) < 4.78 is 24.4. The minimum atomic E-state index is -0.270. The van der Waals surface area contributed by atoms with Crippen molar-refractivity contribution < 1.29 is 13.9 Å².